The number of fused-ring (bicyclic) bond motifs is 1. The lowest BCUT2D eigenvalue weighted by Crippen LogP contribution is -2.35. The monoisotopic (exact) mass is 403 g/mol. The molecule has 2 aromatic carbocycles. The summed E-state index contributed by atoms with van der Waals surface area (Å²) in [6, 6.07) is 18.4. The molecule has 0 spiro atoms. The lowest BCUT2D eigenvalue weighted by Gasteiger charge is -2.28. The highest BCUT2D eigenvalue weighted by Crippen LogP contribution is 2.28. The molecule has 1 saturated carbocycles. The van der Waals surface area contributed by atoms with E-state index in [1.807, 2.05) is 73.6 Å². The number of para-hydroxylation sites is 1. The zero-order valence-corrected chi connectivity index (χ0v) is 17.6. The van der Waals surface area contributed by atoms with Crippen molar-refractivity contribution in [1.29, 1.82) is 0 Å². The van der Waals surface area contributed by atoms with Crippen LogP contribution < -0.4 is 15.5 Å². The molecule has 0 bridgehead atoms. The molecule has 0 saturated heterocycles. The molecule has 1 amide bonds. The SMILES string of the molecule is CN(C)c1nc(NC2CCC(C(=O)NCc3ccccc3)CC2)nc2ccccc12. The van der Waals surface area contributed by atoms with Crippen molar-refractivity contribution in [2.24, 2.45) is 5.92 Å². The second-order valence-corrected chi connectivity index (χ2v) is 8.18. The van der Waals surface area contributed by atoms with Crippen molar-refractivity contribution in [3.05, 3.63) is 60.2 Å². The molecule has 0 radical (unpaired) electrons. The standard InChI is InChI=1S/C24H29N5O/c1-29(2)22-20-10-6-7-11-21(20)27-24(28-22)26-19-14-12-18(13-15-19)23(30)25-16-17-8-4-3-5-9-17/h3-11,18-19H,12-16H2,1-2H3,(H,25,30)(H,26,27,28). The first-order chi connectivity index (χ1) is 14.6. The Morgan fingerprint density at radius 3 is 2.40 bits per heavy atom. The van der Waals surface area contributed by atoms with Crippen molar-refractivity contribution in [1.82, 2.24) is 15.3 Å². The van der Waals surface area contributed by atoms with Gasteiger partial charge in [-0.2, -0.15) is 4.98 Å². The van der Waals surface area contributed by atoms with E-state index in [4.69, 9.17) is 9.97 Å². The molecule has 30 heavy (non-hydrogen) atoms. The minimum atomic E-state index is 0.0848. The summed E-state index contributed by atoms with van der Waals surface area (Å²) in [6.07, 6.45) is 3.65. The lowest BCUT2D eigenvalue weighted by molar-refractivity contribution is -0.126. The summed E-state index contributed by atoms with van der Waals surface area (Å²) < 4.78 is 0. The minimum Gasteiger partial charge on any atom is -0.362 e. The average molecular weight is 404 g/mol. The van der Waals surface area contributed by atoms with Gasteiger partial charge in [0.25, 0.3) is 0 Å². The second kappa shape index (κ2) is 9.11. The van der Waals surface area contributed by atoms with Crippen LogP contribution in [0.2, 0.25) is 0 Å². The summed E-state index contributed by atoms with van der Waals surface area (Å²) in [5, 5.41) is 7.64. The molecule has 0 aliphatic heterocycles. The zero-order chi connectivity index (χ0) is 20.9. The molecule has 4 rings (SSSR count). The van der Waals surface area contributed by atoms with Crippen molar-refractivity contribution in [2.45, 2.75) is 38.3 Å². The highest BCUT2D eigenvalue weighted by Gasteiger charge is 2.26. The van der Waals surface area contributed by atoms with Crippen molar-refractivity contribution < 1.29 is 4.79 Å². The van der Waals surface area contributed by atoms with Gasteiger partial charge in [-0.05, 0) is 43.4 Å². The van der Waals surface area contributed by atoms with E-state index in [9.17, 15) is 4.79 Å². The fraction of sp³-hybridized carbons (Fsp3) is 0.375. The predicted molar refractivity (Wildman–Crippen MR) is 122 cm³/mol. The number of nitrogens with zero attached hydrogens (tertiary/aromatic N) is 3. The third-order valence-electron chi connectivity index (χ3n) is 5.75. The fourth-order valence-electron chi connectivity index (χ4n) is 4.08. The quantitative estimate of drug-likeness (QED) is 0.651. The number of anilines is 2. The summed E-state index contributed by atoms with van der Waals surface area (Å²) in [6.45, 7) is 0.593. The molecular formula is C24H29N5O. The highest BCUT2D eigenvalue weighted by atomic mass is 16.1. The molecule has 0 unspecified atom stereocenters. The summed E-state index contributed by atoms with van der Waals surface area (Å²) in [5.41, 5.74) is 2.07. The van der Waals surface area contributed by atoms with Crippen LogP contribution in [0.15, 0.2) is 54.6 Å². The van der Waals surface area contributed by atoms with Gasteiger partial charge in [0.15, 0.2) is 0 Å². The Bertz CT molecular complexity index is 997. The maximum Gasteiger partial charge on any atom is 0.225 e. The lowest BCUT2D eigenvalue weighted by atomic mass is 9.85. The molecule has 1 aliphatic carbocycles. The van der Waals surface area contributed by atoms with E-state index >= 15 is 0 Å². The Balaban J connectivity index is 1.34. The van der Waals surface area contributed by atoms with Crippen LogP contribution in [0.1, 0.15) is 31.2 Å². The highest BCUT2D eigenvalue weighted by molar-refractivity contribution is 5.90. The number of amides is 1. The number of aromatic nitrogens is 2. The first-order valence-corrected chi connectivity index (χ1v) is 10.6. The Morgan fingerprint density at radius 1 is 0.967 bits per heavy atom. The van der Waals surface area contributed by atoms with Crippen LogP contribution in [-0.2, 0) is 11.3 Å². The molecule has 6 nitrogen and oxygen atoms in total. The van der Waals surface area contributed by atoms with Gasteiger partial charge in [-0.15, -0.1) is 0 Å². The third-order valence-corrected chi connectivity index (χ3v) is 5.75. The van der Waals surface area contributed by atoms with Gasteiger partial charge in [0.05, 0.1) is 5.52 Å². The van der Waals surface area contributed by atoms with Gasteiger partial charge in [0, 0.05) is 38.0 Å². The largest absolute Gasteiger partial charge is 0.362 e. The molecule has 1 fully saturated rings. The zero-order valence-electron chi connectivity index (χ0n) is 17.6. The van der Waals surface area contributed by atoms with Gasteiger partial charge < -0.3 is 15.5 Å². The van der Waals surface area contributed by atoms with Crippen LogP contribution in [0.4, 0.5) is 11.8 Å². The fourth-order valence-corrected chi connectivity index (χ4v) is 4.08. The summed E-state index contributed by atoms with van der Waals surface area (Å²) in [4.78, 5) is 24.0. The van der Waals surface area contributed by atoms with Gasteiger partial charge in [0.1, 0.15) is 5.82 Å². The number of carbonyl (C=O) groups is 1. The predicted octanol–water partition coefficient (Wildman–Crippen LogP) is 3.98. The average Bonchev–Trinajstić information content (AvgIpc) is 2.78. The minimum absolute atomic E-state index is 0.0848. The molecule has 1 aliphatic rings. The van der Waals surface area contributed by atoms with Gasteiger partial charge >= 0.3 is 0 Å². The number of carbonyl (C=O) groups excluding carboxylic acids is 1. The van der Waals surface area contributed by atoms with Crippen LogP contribution >= 0.6 is 0 Å². The number of rotatable bonds is 6. The van der Waals surface area contributed by atoms with Crippen LogP contribution in [0.5, 0.6) is 0 Å². The van der Waals surface area contributed by atoms with Gasteiger partial charge in [-0.3, -0.25) is 4.79 Å². The Labute approximate surface area is 177 Å². The molecule has 1 aromatic heterocycles. The van der Waals surface area contributed by atoms with E-state index in [1.165, 1.54) is 0 Å². The van der Waals surface area contributed by atoms with Crippen molar-refractivity contribution in [2.75, 3.05) is 24.3 Å². The molecule has 0 atom stereocenters. The first-order valence-electron chi connectivity index (χ1n) is 10.6. The number of hydrogen-bond donors (Lipinski definition) is 2. The van der Waals surface area contributed by atoms with E-state index < -0.39 is 0 Å². The Kier molecular flexibility index (Phi) is 6.12. The smallest absolute Gasteiger partial charge is 0.225 e. The van der Waals surface area contributed by atoms with Crippen molar-refractivity contribution >= 4 is 28.6 Å². The normalized spacial score (nSPS) is 18.7. The van der Waals surface area contributed by atoms with E-state index in [0.717, 1.165) is 48.0 Å². The van der Waals surface area contributed by atoms with E-state index in [2.05, 4.69) is 10.6 Å². The summed E-state index contributed by atoms with van der Waals surface area (Å²) in [5.74, 6) is 1.82. The number of benzene rings is 2. The van der Waals surface area contributed by atoms with Crippen molar-refractivity contribution in [3.8, 4) is 0 Å². The summed E-state index contributed by atoms with van der Waals surface area (Å²) >= 11 is 0. The Hall–Kier alpha value is -3.15. The first kappa shape index (κ1) is 20.1. The maximum absolute atomic E-state index is 12.5. The number of nitrogens with one attached hydrogen (secondary N) is 2. The molecule has 1 heterocycles. The van der Waals surface area contributed by atoms with E-state index in [1.54, 1.807) is 0 Å². The Morgan fingerprint density at radius 2 is 1.67 bits per heavy atom. The van der Waals surface area contributed by atoms with Gasteiger partial charge in [-0.1, -0.05) is 42.5 Å². The number of hydrogen-bond acceptors (Lipinski definition) is 5. The topological polar surface area (TPSA) is 70.2 Å². The molecular weight excluding hydrogens is 374 g/mol. The van der Waals surface area contributed by atoms with Crippen molar-refractivity contribution in [3.63, 3.8) is 0 Å². The molecule has 6 heteroatoms. The molecule has 2 N–H and O–H groups in total. The van der Waals surface area contributed by atoms with E-state index in [-0.39, 0.29) is 11.8 Å². The molecule has 3 aromatic rings. The van der Waals surface area contributed by atoms with Crippen LogP contribution in [0.3, 0.4) is 0 Å². The van der Waals surface area contributed by atoms with Gasteiger partial charge in [0.2, 0.25) is 11.9 Å². The third kappa shape index (κ3) is 4.70. The second-order valence-electron chi connectivity index (χ2n) is 8.18. The van der Waals surface area contributed by atoms with Crippen LogP contribution in [-0.4, -0.2) is 36.0 Å². The van der Waals surface area contributed by atoms with E-state index in [0.29, 0.717) is 18.5 Å². The van der Waals surface area contributed by atoms with Crippen LogP contribution in [0, 0.1) is 5.92 Å². The summed E-state index contributed by atoms with van der Waals surface area (Å²) in [7, 11) is 4.00. The molecule has 156 valence electrons. The van der Waals surface area contributed by atoms with Gasteiger partial charge in [-0.25, -0.2) is 4.98 Å². The maximum atomic E-state index is 12.5. The van der Waals surface area contributed by atoms with Crippen LogP contribution in [0.25, 0.3) is 10.9 Å².